The zero-order chi connectivity index (χ0) is 19.9. The van der Waals surface area contributed by atoms with Gasteiger partial charge in [0.25, 0.3) is 11.8 Å². The van der Waals surface area contributed by atoms with Crippen LogP contribution in [0, 0.1) is 11.6 Å². The van der Waals surface area contributed by atoms with Crippen LogP contribution in [0.4, 0.5) is 14.5 Å². The highest BCUT2D eigenvalue weighted by Crippen LogP contribution is 2.41. The maximum atomic E-state index is 14.8. The molecule has 0 spiro atoms. The highest BCUT2D eigenvalue weighted by Gasteiger charge is 2.43. The molecule has 0 fully saturated rings. The number of hydrogen-bond acceptors (Lipinski definition) is 6. The van der Waals surface area contributed by atoms with Crippen LogP contribution < -0.4 is 20.1 Å². The Morgan fingerprint density at radius 2 is 1.81 bits per heavy atom. The van der Waals surface area contributed by atoms with Crippen LogP contribution >= 0.6 is 0 Å². The molecule has 0 aliphatic carbocycles. The molecule has 0 unspecified atom stereocenters. The van der Waals surface area contributed by atoms with E-state index in [9.17, 15) is 13.6 Å². The zero-order valence-corrected chi connectivity index (χ0v) is 15.5. The molecule has 2 aromatic rings. The summed E-state index contributed by atoms with van der Waals surface area (Å²) in [6.07, 6.45) is 1.57. The summed E-state index contributed by atoms with van der Waals surface area (Å²) in [5.41, 5.74) is 6.07. The summed E-state index contributed by atoms with van der Waals surface area (Å²) in [6, 6.07) is 1.75. The molecule has 27 heavy (non-hydrogen) atoms. The van der Waals surface area contributed by atoms with Crippen LogP contribution in [0.2, 0.25) is 0 Å². The summed E-state index contributed by atoms with van der Waals surface area (Å²) in [5.74, 6) is -3.55. The van der Waals surface area contributed by atoms with Crippen molar-refractivity contribution < 1.29 is 23.0 Å². The number of ether oxygens (including phenoxy) is 2. The Balaban J connectivity index is 2.21. The lowest BCUT2D eigenvalue weighted by molar-refractivity contribution is -0.123. The molecule has 0 saturated heterocycles. The molecule has 1 aliphatic heterocycles. The van der Waals surface area contributed by atoms with Gasteiger partial charge in [-0.25, -0.2) is 0 Å². The van der Waals surface area contributed by atoms with E-state index in [1.165, 1.54) is 14.2 Å². The van der Waals surface area contributed by atoms with Gasteiger partial charge in [-0.05, 0) is 31.0 Å². The lowest BCUT2D eigenvalue weighted by atomic mass is 9.77. The van der Waals surface area contributed by atoms with Crippen LogP contribution in [0.5, 0.6) is 11.8 Å². The van der Waals surface area contributed by atoms with Gasteiger partial charge in [0.05, 0.1) is 31.9 Å². The number of nitrogens with zero attached hydrogens (tertiary/aromatic N) is 3. The molecule has 2 N–H and O–H groups in total. The Labute approximate surface area is 155 Å². The number of carbonyl (C=O) groups excluding carboxylic acids is 1. The average molecular weight is 378 g/mol. The van der Waals surface area contributed by atoms with Gasteiger partial charge in [0.2, 0.25) is 17.5 Å². The van der Waals surface area contributed by atoms with Crippen LogP contribution in [0.3, 0.4) is 0 Å². The van der Waals surface area contributed by atoms with E-state index in [1.807, 2.05) is 0 Å². The van der Waals surface area contributed by atoms with Crippen molar-refractivity contribution in [2.75, 3.05) is 19.1 Å². The minimum atomic E-state index is -1.07. The van der Waals surface area contributed by atoms with E-state index in [-0.39, 0.29) is 13.1 Å². The van der Waals surface area contributed by atoms with Gasteiger partial charge in [0.1, 0.15) is 5.69 Å². The molecular weight excluding hydrogens is 358 g/mol. The van der Waals surface area contributed by atoms with Crippen molar-refractivity contribution in [3.63, 3.8) is 0 Å². The molecule has 0 aromatic carbocycles. The number of methoxy groups -OCH3 is 2. The third-order valence-electron chi connectivity index (χ3n) is 4.68. The monoisotopic (exact) mass is 378 g/mol. The van der Waals surface area contributed by atoms with Crippen molar-refractivity contribution in [1.82, 2.24) is 9.97 Å². The lowest BCUT2D eigenvalue weighted by Gasteiger charge is -2.39. The summed E-state index contributed by atoms with van der Waals surface area (Å²) in [6.45, 7) is 3.54. The molecule has 1 aliphatic rings. The zero-order valence-electron chi connectivity index (χ0n) is 15.5. The Hall–Kier alpha value is -2.81. The van der Waals surface area contributed by atoms with Crippen molar-refractivity contribution in [3.8, 4) is 11.8 Å². The Morgan fingerprint density at radius 1 is 1.22 bits per heavy atom. The molecule has 3 rings (SSSR count). The maximum Gasteiger partial charge on any atom is 0.255 e. The number of pyridine rings is 2. The van der Waals surface area contributed by atoms with E-state index in [2.05, 4.69) is 9.97 Å². The molecule has 1 amide bonds. The third kappa shape index (κ3) is 2.87. The molecular formula is C18H20F2N4O3. The molecule has 144 valence electrons. The van der Waals surface area contributed by atoms with Gasteiger partial charge in [-0.1, -0.05) is 0 Å². The molecule has 0 atom stereocenters. The number of nitrogens with two attached hydrogens (primary N) is 1. The van der Waals surface area contributed by atoms with E-state index in [4.69, 9.17) is 15.2 Å². The smallest absolute Gasteiger partial charge is 0.255 e. The van der Waals surface area contributed by atoms with Gasteiger partial charge in [0, 0.05) is 12.7 Å². The molecule has 2 aromatic heterocycles. The van der Waals surface area contributed by atoms with Crippen LogP contribution in [-0.2, 0) is 23.3 Å². The number of fused-ring (bicyclic) bond motifs is 1. The Bertz CT molecular complexity index is 890. The number of anilines is 1. The van der Waals surface area contributed by atoms with Crippen molar-refractivity contribution in [2.45, 2.75) is 32.4 Å². The maximum absolute atomic E-state index is 14.8. The van der Waals surface area contributed by atoms with E-state index in [1.54, 1.807) is 26.1 Å². The number of aromatic nitrogens is 2. The Kier molecular flexibility index (Phi) is 4.73. The van der Waals surface area contributed by atoms with Crippen molar-refractivity contribution in [2.24, 2.45) is 5.73 Å². The fourth-order valence-corrected chi connectivity index (χ4v) is 3.22. The first-order valence-electron chi connectivity index (χ1n) is 8.23. The summed E-state index contributed by atoms with van der Waals surface area (Å²) in [7, 11) is 2.39. The highest BCUT2D eigenvalue weighted by atomic mass is 19.1. The lowest BCUT2D eigenvalue weighted by Crippen LogP contribution is -2.48. The summed E-state index contributed by atoms with van der Waals surface area (Å²) in [5, 5.41) is 0. The molecule has 3 heterocycles. The van der Waals surface area contributed by atoms with Crippen LogP contribution in [0.25, 0.3) is 0 Å². The first-order chi connectivity index (χ1) is 12.8. The van der Waals surface area contributed by atoms with Crippen molar-refractivity contribution >= 4 is 11.6 Å². The molecule has 0 radical (unpaired) electrons. The first-order valence-corrected chi connectivity index (χ1v) is 8.23. The SMILES string of the molecule is COc1nc(OC)c(F)c(N2Cc3cnc(CN)cc3C(C)(C)C2=O)c1F. The van der Waals surface area contributed by atoms with E-state index >= 15 is 0 Å². The van der Waals surface area contributed by atoms with E-state index in [0.717, 1.165) is 10.5 Å². The van der Waals surface area contributed by atoms with Crippen LogP contribution in [0.15, 0.2) is 12.3 Å². The van der Waals surface area contributed by atoms with Crippen molar-refractivity contribution in [3.05, 3.63) is 40.7 Å². The highest BCUT2D eigenvalue weighted by molar-refractivity contribution is 6.02. The van der Waals surface area contributed by atoms with Crippen LogP contribution in [0.1, 0.15) is 30.7 Å². The van der Waals surface area contributed by atoms with Gasteiger partial charge < -0.3 is 20.1 Å². The van der Waals surface area contributed by atoms with E-state index in [0.29, 0.717) is 11.3 Å². The normalized spacial score (nSPS) is 15.5. The summed E-state index contributed by atoms with van der Waals surface area (Å²) in [4.78, 5) is 22.0. The second-order valence-corrected chi connectivity index (χ2v) is 6.66. The fourth-order valence-electron chi connectivity index (χ4n) is 3.22. The van der Waals surface area contributed by atoms with Gasteiger partial charge in [-0.2, -0.15) is 13.8 Å². The number of halogens is 2. The average Bonchev–Trinajstić information content (AvgIpc) is 2.66. The van der Waals surface area contributed by atoms with Gasteiger partial charge in [0.15, 0.2) is 0 Å². The molecule has 0 saturated carbocycles. The van der Waals surface area contributed by atoms with Gasteiger partial charge in [-0.3, -0.25) is 9.78 Å². The van der Waals surface area contributed by atoms with Crippen molar-refractivity contribution in [1.29, 1.82) is 0 Å². The van der Waals surface area contributed by atoms with Crippen LogP contribution in [-0.4, -0.2) is 30.1 Å². The first kappa shape index (κ1) is 19.0. The topological polar surface area (TPSA) is 90.6 Å². The number of amides is 1. The largest absolute Gasteiger partial charge is 0.479 e. The van der Waals surface area contributed by atoms with E-state index < -0.39 is 40.4 Å². The molecule has 0 bridgehead atoms. The fraction of sp³-hybridized carbons (Fsp3) is 0.389. The third-order valence-corrected chi connectivity index (χ3v) is 4.68. The summed E-state index contributed by atoms with van der Waals surface area (Å²) < 4.78 is 39.4. The standard InChI is InChI=1S/C18H20F2N4O3/c1-18(2)11-5-10(6-21)22-7-9(11)8-24(17(18)25)14-12(19)15(26-3)23-16(27-4)13(14)20/h5,7H,6,8,21H2,1-4H3. The van der Waals surface area contributed by atoms with Gasteiger partial charge >= 0.3 is 0 Å². The van der Waals surface area contributed by atoms with Gasteiger partial charge in [-0.15, -0.1) is 0 Å². The number of carbonyl (C=O) groups is 1. The Morgan fingerprint density at radius 3 is 2.33 bits per heavy atom. The second-order valence-electron chi connectivity index (χ2n) is 6.66. The molecule has 7 nitrogen and oxygen atoms in total. The summed E-state index contributed by atoms with van der Waals surface area (Å²) >= 11 is 0. The quantitative estimate of drug-likeness (QED) is 0.876. The minimum Gasteiger partial charge on any atom is -0.479 e. The number of rotatable bonds is 4. The number of hydrogen-bond donors (Lipinski definition) is 1. The molecule has 9 heteroatoms. The predicted octanol–water partition coefficient (Wildman–Crippen LogP) is 2.06. The predicted molar refractivity (Wildman–Crippen MR) is 93.6 cm³/mol. The minimum absolute atomic E-state index is 0.0559. The second kappa shape index (κ2) is 6.73.